The third-order valence-electron chi connectivity index (χ3n) is 4.28. The van der Waals surface area contributed by atoms with Crippen LogP contribution in [0, 0.1) is 0 Å². The molecule has 2 heterocycles. The first kappa shape index (κ1) is 26.8. The van der Waals surface area contributed by atoms with Crippen LogP contribution < -0.4 is 11.0 Å². The third kappa shape index (κ3) is 7.83. The predicted molar refractivity (Wildman–Crippen MR) is 114 cm³/mol. The third-order valence-corrected chi connectivity index (χ3v) is 4.28. The Bertz CT molecular complexity index is 984. The molecule has 1 aliphatic rings. The Morgan fingerprint density at radius 2 is 1.68 bits per heavy atom. The van der Waals surface area contributed by atoms with Crippen LogP contribution in [0.2, 0.25) is 0 Å². The van der Waals surface area contributed by atoms with Crippen molar-refractivity contribution in [3.8, 4) is 0 Å². The molecule has 0 aromatic carbocycles. The molecule has 34 heavy (non-hydrogen) atoms. The summed E-state index contributed by atoms with van der Waals surface area (Å²) in [6.45, 7) is 8.14. The fourth-order valence-electron chi connectivity index (χ4n) is 3.16. The number of esters is 4. The molecule has 0 radical (unpaired) electrons. The van der Waals surface area contributed by atoms with Crippen molar-refractivity contribution in [1.82, 2.24) is 9.55 Å². The van der Waals surface area contributed by atoms with Crippen LogP contribution in [0.25, 0.3) is 0 Å². The molecule has 2 rings (SSSR count). The lowest BCUT2D eigenvalue weighted by molar-refractivity contribution is -0.166. The van der Waals surface area contributed by atoms with Gasteiger partial charge in [-0.15, -0.1) is 0 Å². The fourth-order valence-corrected chi connectivity index (χ4v) is 3.16. The number of anilines is 1. The van der Waals surface area contributed by atoms with E-state index in [9.17, 15) is 24.0 Å². The van der Waals surface area contributed by atoms with E-state index in [1.54, 1.807) is 20.8 Å². The Hall–Kier alpha value is -3.48. The van der Waals surface area contributed by atoms with Gasteiger partial charge in [-0.05, 0) is 26.8 Å². The van der Waals surface area contributed by atoms with Crippen LogP contribution in [-0.2, 0) is 42.9 Å². The standard InChI is InChI=1S/C21H29N3O10/c1-11(25)30-10-14-17(31-12(2)26)18(32-13(3)27)19(33-14)24-8-7-15(23-20(24)29)22-9-16(28)34-21(4,5)6/h7-8,14,17-19H,9-10H2,1-6H3,(H,22,23,29)/t14-,17-,18-,19-/m1/s1. The molecule has 1 fully saturated rings. The van der Waals surface area contributed by atoms with Gasteiger partial charge in [0.05, 0.1) is 0 Å². The molecule has 0 bridgehead atoms. The van der Waals surface area contributed by atoms with E-state index in [-0.39, 0.29) is 19.0 Å². The molecule has 1 aliphatic heterocycles. The van der Waals surface area contributed by atoms with Gasteiger partial charge in [0.25, 0.3) is 0 Å². The van der Waals surface area contributed by atoms with Crippen molar-refractivity contribution in [2.24, 2.45) is 0 Å². The molecule has 188 valence electrons. The molecule has 0 spiro atoms. The minimum atomic E-state index is -1.23. The minimum Gasteiger partial charge on any atom is -0.463 e. The highest BCUT2D eigenvalue weighted by Crippen LogP contribution is 2.33. The maximum absolute atomic E-state index is 12.7. The average molecular weight is 483 g/mol. The molecule has 1 aromatic heterocycles. The molecule has 4 atom stereocenters. The van der Waals surface area contributed by atoms with E-state index in [2.05, 4.69) is 10.3 Å². The zero-order valence-electron chi connectivity index (χ0n) is 19.9. The van der Waals surface area contributed by atoms with Crippen LogP contribution >= 0.6 is 0 Å². The number of hydrogen-bond donors (Lipinski definition) is 1. The van der Waals surface area contributed by atoms with Gasteiger partial charge in [0, 0.05) is 27.0 Å². The second-order valence-electron chi connectivity index (χ2n) is 8.46. The molecule has 13 nitrogen and oxygen atoms in total. The summed E-state index contributed by atoms with van der Waals surface area (Å²) in [7, 11) is 0. The van der Waals surface area contributed by atoms with E-state index in [1.807, 2.05) is 0 Å². The monoisotopic (exact) mass is 483 g/mol. The van der Waals surface area contributed by atoms with E-state index in [0.29, 0.717) is 0 Å². The molecule has 1 N–H and O–H groups in total. The first-order valence-electron chi connectivity index (χ1n) is 10.4. The van der Waals surface area contributed by atoms with Crippen molar-refractivity contribution in [2.45, 2.75) is 71.7 Å². The molecule has 0 unspecified atom stereocenters. The van der Waals surface area contributed by atoms with E-state index in [4.69, 9.17) is 23.7 Å². The fraction of sp³-hybridized carbons (Fsp3) is 0.619. The van der Waals surface area contributed by atoms with Crippen molar-refractivity contribution in [3.05, 3.63) is 22.7 Å². The lowest BCUT2D eigenvalue weighted by atomic mass is 10.1. The van der Waals surface area contributed by atoms with Crippen molar-refractivity contribution >= 4 is 29.7 Å². The highest BCUT2D eigenvalue weighted by atomic mass is 16.7. The van der Waals surface area contributed by atoms with Crippen LogP contribution in [0.1, 0.15) is 47.8 Å². The number of carbonyl (C=O) groups excluding carboxylic acids is 4. The van der Waals surface area contributed by atoms with Gasteiger partial charge in [-0.2, -0.15) is 4.98 Å². The largest absolute Gasteiger partial charge is 0.463 e. The van der Waals surface area contributed by atoms with Gasteiger partial charge >= 0.3 is 29.6 Å². The number of aromatic nitrogens is 2. The number of hydrogen-bond acceptors (Lipinski definition) is 12. The summed E-state index contributed by atoms with van der Waals surface area (Å²) in [5.74, 6) is -2.43. The lowest BCUT2D eigenvalue weighted by Crippen LogP contribution is -2.41. The second-order valence-corrected chi connectivity index (χ2v) is 8.46. The summed E-state index contributed by atoms with van der Waals surface area (Å²) >= 11 is 0. The molecule has 0 aliphatic carbocycles. The quantitative estimate of drug-likeness (QED) is 0.399. The van der Waals surface area contributed by atoms with Crippen LogP contribution in [0.3, 0.4) is 0 Å². The molecule has 1 aromatic rings. The zero-order valence-corrected chi connectivity index (χ0v) is 19.9. The number of ether oxygens (including phenoxy) is 5. The van der Waals surface area contributed by atoms with Gasteiger partial charge in [0.15, 0.2) is 18.4 Å². The molecular weight excluding hydrogens is 454 g/mol. The van der Waals surface area contributed by atoms with E-state index in [1.165, 1.54) is 19.2 Å². The summed E-state index contributed by atoms with van der Waals surface area (Å²) in [4.78, 5) is 63.0. The van der Waals surface area contributed by atoms with E-state index >= 15 is 0 Å². The second kappa shape index (κ2) is 11.1. The number of rotatable bonds is 8. The lowest BCUT2D eigenvalue weighted by Gasteiger charge is -2.24. The maximum atomic E-state index is 12.7. The van der Waals surface area contributed by atoms with Crippen molar-refractivity contribution in [2.75, 3.05) is 18.5 Å². The number of nitrogens with one attached hydrogen (secondary N) is 1. The SMILES string of the molecule is CC(=O)OC[C@H]1O[C@@H](n2ccc(NCC(=O)OC(C)(C)C)nc2=O)[C@H](OC(C)=O)[C@@H]1OC(C)=O. The number of carbonyl (C=O) groups is 4. The molecular formula is C21H29N3O10. The summed E-state index contributed by atoms with van der Waals surface area (Å²) in [5.41, 5.74) is -1.46. The van der Waals surface area contributed by atoms with Crippen LogP contribution in [0.4, 0.5) is 5.82 Å². The molecule has 0 saturated carbocycles. The van der Waals surface area contributed by atoms with Crippen molar-refractivity contribution < 1.29 is 42.9 Å². The summed E-state index contributed by atoms with van der Waals surface area (Å²) in [5, 5.41) is 2.69. The Morgan fingerprint density at radius 1 is 1.06 bits per heavy atom. The van der Waals surface area contributed by atoms with Crippen LogP contribution in [0.15, 0.2) is 17.1 Å². The van der Waals surface area contributed by atoms with Gasteiger partial charge < -0.3 is 29.0 Å². The molecule has 13 heteroatoms. The Balaban J connectivity index is 2.26. The Labute approximate surface area is 195 Å². The van der Waals surface area contributed by atoms with Gasteiger partial charge in [0.1, 0.15) is 30.7 Å². The van der Waals surface area contributed by atoms with Crippen molar-refractivity contribution in [1.29, 1.82) is 0 Å². The van der Waals surface area contributed by atoms with Crippen LogP contribution in [0.5, 0.6) is 0 Å². The minimum absolute atomic E-state index is 0.0992. The summed E-state index contributed by atoms with van der Waals surface area (Å²) in [6, 6.07) is 1.40. The van der Waals surface area contributed by atoms with Crippen LogP contribution in [-0.4, -0.2) is 70.5 Å². The van der Waals surface area contributed by atoms with E-state index in [0.717, 1.165) is 18.4 Å². The van der Waals surface area contributed by atoms with Gasteiger partial charge in [-0.25, -0.2) is 4.79 Å². The summed E-state index contributed by atoms with van der Waals surface area (Å²) < 4.78 is 27.5. The average Bonchev–Trinajstić information content (AvgIpc) is 2.99. The van der Waals surface area contributed by atoms with Gasteiger partial charge in [-0.1, -0.05) is 0 Å². The van der Waals surface area contributed by atoms with Crippen molar-refractivity contribution in [3.63, 3.8) is 0 Å². The highest BCUT2D eigenvalue weighted by molar-refractivity contribution is 5.74. The smallest absolute Gasteiger partial charge is 0.351 e. The first-order chi connectivity index (χ1) is 15.8. The topological polar surface area (TPSA) is 161 Å². The Kier molecular flexibility index (Phi) is 8.74. The van der Waals surface area contributed by atoms with Gasteiger partial charge in [0.2, 0.25) is 0 Å². The molecule has 1 saturated heterocycles. The first-order valence-corrected chi connectivity index (χ1v) is 10.4. The predicted octanol–water partition coefficient (Wildman–Crippen LogP) is 0.321. The van der Waals surface area contributed by atoms with Gasteiger partial charge in [-0.3, -0.25) is 23.7 Å². The normalized spacial score (nSPS) is 21.9. The number of nitrogens with zero attached hydrogens (tertiary/aromatic N) is 2. The Morgan fingerprint density at radius 3 is 2.21 bits per heavy atom. The molecule has 0 amide bonds. The maximum Gasteiger partial charge on any atom is 0.351 e. The highest BCUT2D eigenvalue weighted by Gasteiger charge is 2.50. The summed E-state index contributed by atoms with van der Waals surface area (Å²) in [6.07, 6.45) is -3.30. The van der Waals surface area contributed by atoms with E-state index < -0.39 is 59.7 Å². The zero-order chi connectivity index (χ0) is 25.6.